The van der Waals surface area contributed by atoms with Gasteiger partial charge in [0, 0.05) is 22.5 Å². The molecule has 0 saturated carbocycles. The van der Waals surface area contributed by atoms with Crippen LogP contribution in [-0.2, 0) is 0 Å². The van der Waals surface area contributed by atoms with Crippen molar-refractivity contribution in [2.75, 3.05) is 10.6 Å². The quantitative estimate of drug-likeness (QED) is 0.197. The Kier molecular flexibility index (Phi) is 8.92. The van der Waals surface area contributed by atoms with Crippen molar-refractivity contribution in [3.8, 4) is 40.6 Å². The fraction of sp³-hybridized carbons (Fsp3) is 0.0588. The van der Waals surface area contributed by atoms with Gasteiger partial charge in [-0.1, -0.05) is 6.07 Å². The number of carbonyl (C=O) groups excluding carboxylic acids is 2. The molecule has 0 radical (unpaired) electrons. The largest absolute Gasteiger partial charge is 0.436 e. The number of hydrogen-bond acceptors (Lipinski definition) is 12. The van der Waals surface area contributed by atoms with E-state index in [9.17, 15) is 14.9 Å². The summed E-state index contributed by atoms with van der Waals surface area (Å²) in [6.45, 7) is 3.65. The van der Waals surface area contributed by atoms with Gasteiger partial charge in [-0.25, -0.2) is 4.98 Å². The Hall–Kier alpha value is -7.14. The minimum atomic E-state index is -0.513. The van der Waals surface area contributed by atoms with Gasteiger partial charge in [0.2, 0.25) is 11.8 Å². The van der Waals surface area contributed by atoms with Crippen LogP contribution in [0.4, 0.5) is 11.6 Å². The maximum Gasteiger partial charge on any atom is 0.275 e. The topological polar surface area (TPSA) is 191 Å². The Morgan fingerprint density at radius 1 is 0.688 bits per heavy atom. The molecule has 5 aromatic heterocycles. The number of rotatable bonds is 9. The zero-order chi connectivity index (χ0) is 33.5. The van der Waals surface area contributed by atoms with E-state index in [0.29, 0.717) is 28.5 Å². The molecule has 6 rings (SSSR count). The zero-order valence-electron chi connectivity index (χ0n) is 25.4. The summed E-state index contributed by atoms with van der Waals surface area (Å²) >= 11 is 0. The summed E-state index contributed by atoms with van der Waals surface area (Å²) in [5, 5.41) is 15.0. The monoisotopic (exact) mass is 636 g/mol. The second-order valence-corrected chi connectivity index (χ2v) is 10.2. The van der Waals surface area contributed by atoms with Crippen LogP contribution in [0.5, 0.6) is 23.3 Å². The minimum Gasteiger partial charge on any atom is -0.436 e. The highest BCUT2D eigenvalue weighted by Gasteiger charge is 2.14. The third kappa shape index (κ3) is 7.73. The van der Waals surface area contributed by atoms with Crippen molar-refractivity contribution in [3.05, 3.63) is 126 Å². The Morgan fingerprint density at radius 3 is 1.96 bits per heavy atom. The fourth-order valence-electron chi connectivity index (χ4n) is 4.29. The number of nitrogens with zero attached hydrogens (tertiary/aromatic N) is 8. The second-order valence-electron chi connectivity index (χ2n) is 10.2. The molecule has 0 aliphatic carbocycles. The average molecular weight is 637 g/mol. The van der Waals surface area contributed by atoms with Gasteiger partial charge in [0.05, 0.1) is 54.5 Å². The van der Waals surface area contributed by atoms with Crippen LogP contribution >= 0.6 is 0 Å². The normalized spacial score (nSPS) is 10.4. The van der Waals surface area contributed by atoms with Crippen molar-refractivity contribution in [3.63, 3.8) is 0 Å². The first-order valence-corrected chi connectivity index (χ1v) is 14.3. The minimum absolute atomic E-state index is 0.123. The lowest BCUT2D eigenvalue weighted by Crippen LogP contribution is -2.15. The van der Waals surface area contributed by atoms with Crippen LogP contribution < -0.4 is 20.1 Å². The smallest absolute Gasteiger partial charge is 0.275 e. The molecule has 0 bridgehead atoms. The number of aromatic nitrogens is 7. The van der Waals surface area contributed by atoms with Crippen LogP contribution in [0.25, 0.3) is 11.3 Å². The predicted molar refractivity (Wildman–Crippen MR) is 172 cm³/mol. The van der Waals surface area contributed by atoms with Gasteiger partial charge in [-0.3, -0.25) is 29.5 Å². The van der Waals surface area contributed by atoms with Crippen molar-refractivity contribution >= 4 is 23.5 Å². The van der Waals surface area contributed by atoms with E-state index in [-0.39, 0.29) is 40.2 Å². The van der Waals surface area contributed by atoms with Crippen molar-refractivity contribution in [2.45, 2.75) is 13.8 Å². The van der Waals surface area contributed by atoms with E-state index in [1.165, 1.54) is 37.1 Å². The molecule has 0 aliphatic rings. The summed E-state index contributed by atoms with van der Waals surface area (Å²) in [5.74, 6) is 0.480. The number of amides is 2. The number of benzene rings is 1. The molecule has 0 saturated heterocycles. The number of aryl methyl sites for hydroxylation is 2. The Bertz CT molecular complexity index is 2170. The summed E-state index contributed by atoms with van der Waals surface area (Å²) in [5.41, 5.74) is 3.25. The maximum atomic E-state index is 13.2. The number of carbonyl (C=O) groups is 2. The van der Waals surface area contributed by atoms with E-state index in [0.717, 1.165) is 5.69 Å². The molecule has 234 valence electrons. The van der Waals surface area contributed by atoms with Crippen LogP contribution in [0.2, 0.25) is 0 Å². The van der Waals surface area contributed by atoms with Crippen LogP contribution in [0.3, 0.4) is 0 Å². The molecule has 14 heteroatoms. The van der Waals surface area contributed by atoms with E-state index >= 15 is 0 Å². The molecule has 0 spiro atoms. The van der Waals surface area contributed by atoms with E-state index in [1.807, 2.05) is 6.92 Å². The highest BCUT2D eigenvalue weighted by atomic mass is 16.5. The Morgan fingerprint density at radius 2 is 1.35 bits per heavy atom. The zero-order valence-corrected chi connectivity index (χ0v) is 25.4. The maximum absolute atomic E-state index is 13.2. The van der Waals surface area contributed by atoms with Gasteiger partial charge in [0.25, 0.3) is 11.8 Å². The predicted octanol–water partition coefficient (Wildman–Crippen LogP) is 5.70. The van der Waals surface area contributed by atoms with Crippen molar-refractivity contribution in [1.29, 1.82) is 5.26 Å². The lowest BCUT2D eigenvalue weighted by Gasteiger charge is -2.10. The summed E-state index contributed by atoms with van der Waals surface area (Å²) in [6, 6.07) is 18.7. The average Bonchev–Trinajstić information content (AvgIpc) is 3.10. The fourth-order valence-corrected chi connectivity index (χ4v) is 4.29. The third-order valence-electron chi connectivity index (χ3n) is 6.51. The molecule has 6 aromatic rings. The van der Waals surface area contributed by atoms with E-state index in [1.54, 1.807) is 67.7 Å². The molecule has 48 heavy (non-hydrogen) atoms. The van der Waals surface area contributed by atoms with E-state index in [2.05, 4.69) is 51.6 Å². The molecular formula is C34H24N10O4. The molecule has 5 heterocycles. The third-order valence-corrected chi connectivity index (χ3v) is 6.51. The first-order chi connectivity index (χ1) is 23.3. The van der Waals surface area contributed by atoms with Crippen LogP contribution in [-0.4, -0.2) is 46.7 Å². The lowest BCUT2D eigenvalue weighted by molar-refractivity contribution is 0.101. The molecule has 0 fully saturated rings. The molecule has 2 amide bonds. The Balaban J connectivity index is 1.13. The highest BCUT2D eigenvalue weighted by Crippen LogP contribution is 2.26. The SMILES string of the molecule is Cc1ccc(Oc2cncc(NC(=O)c3cc(C#N)cc(-c4ccc(Oc5cncc(NC(=O)c6cccc(C)n6)n5)cn4)c3)n2)cn1. The Labute approximate surface area is 273 Å². The lowest BCUT2D eigenvalue weighted by atomic mass is 10.0. The molecular weight excluding hydrogens is 612 g/mol. The van der Waals surface area contributed by atoms with Gasteiger partial charge in [0.1, 0.15) is 17.2 Å². The van der Waals surface area contributed by atoms with Crippen molar-refractivity contribution in [2.24, 2.45) is 0 Å². The molecule has 14 nitrogen and oxygen atoms in total. The molecule has 2 N–H and O–H groups in total. The first-order valence-electron chi connectivity index (χ1n) is 14.3. The summed E-state index contributed by atoms with van der Waals surface area (Å²) < 4.78 is 11.5. The van der Waals surface area contributed by atoms with Crippen molar-refractivity contribution < 1.29 is 19.1 Å². The van der Waals surface area contributed by atoms with E-state index in [4.69, 9.17) is 9.47 Å². The number of anilines is 2. The summed E-state index contributed by atoms with van der Waals surface area (Å²) in [6.07, 6.45) is 8.59. The van der Waals surface area contributed by atoms with Crippen LogP contribution in [0, 0.1) is 25.2 Å². The van der Waals surface area contributed by atoms with Gasteiger partial charge in [0.15, 0.2) is 11.6 Å². The first kappa shape index (κ1) is 30.9. The van der Waals surface area contributed by atoms with Crippen LogP contribution in [0.15, 0.2) is 97.8 Å². The van der Waals surface area contributed by atoms with Gasteiger partial charge in [-0.2, -0.15) is 15.2 Å². The van der Waals surface area contributed by atoms with E-state index < -0.39 is 11.8 Å². The number of ether oxygens (including phenoxy) is 2. The number of pyridine rings is 3. The van der Waals surface area contributed by atoms with Gasteiger partial charge in [-0.15, -0.1) is 0 Å². The van der Waals surface area contributed by atoms with Crippen LogP contribution in [0.1, 0.15) is 37.8 Å². The molecule has 0 aliphatic heterocycles. The van der Waals surface area contributed by atoms with Gasteiger partial charge < -0.3 is 20.1 Å². The number of nitrogens with one attached hydrogen (secondary N) is 2. The van der Waals surface area contributed by atoms with Gasteiger partial charge in [-0.05, 0) is 68.4 Å². The second kappa shape index (κ2) is 13.9. The molecule has 0 unspecified atom stereocenters. The summed E-state index contributed by atoms with van der Waals surface area (Å²) in [4.78, 5) is 55.3. The standard InChI is InChI=1S/C34H24N10O4/c1-20-6-7-25(14-38-20)47-31-18-36-16-29(41-31)43-33(45)24-11-22(13-35)10-23(12-24)27-9-8-26(15-39-27)48-32-19-37-17-30(42-32)44-34(46)28-5-3-4-21(2)40-28/h3-12,14-19H,1-2H3,(H,41,43,45)(H,42,44,46). The number of nitriles is 1. The van der Waals surface area contributed by atoms with Gasteiger partial charge >= 0.3 is 0 Å². The molecule has 0 atom stereocenters. The van der Waals surface area contributed by atoms with Crippen molar-refractivity contribution in [1.82, 2.24) is 34.9 Å². The molecule has 1 aromatic carbocycles. The number of hydrogen-bond donors (Lipinski definition) is 2. The summed E-state index contributed by atoms with van der Waals surface area (Å²) in [7, 11) is 0. The highest BCUT2D eigenvalue weighted by molar-refractivity contribution is 6.04.